The molecule has 2 aromatic carbocycles. The number of rotatable bonds is 6. The van der Waals surface area contributed by atoms with Crippen molar-refractivity contribution in [3.63, 3.8) is 0 Å². The second-order valence-corrected chi connectivity index (χ2v) is 6.87. The summed E-state index contributed by atoms with van der Waals surface area (Å²) < 4.78 is 22.4. The number of primary sulfonamides is 1. The van der Waals surface area contributed by atoms with Crippen molar-refractivity contribution in [1.82, 2.24) is 5.32 Å². The van der Waals surface area contributed by atoms with Crippen molar-refractivity contribution in [2.24, 2.45) is 5.14 Å². The minimum Gasteiger partial charge on any atom is -0.508 e. The molecule has 8 nitrogen and oxygen atoms in total. The average molecular weight is 364 g/mol. The molecule has 2 aromatic rings. The number of phenolic OH excluding ortho intramolecular Hbond substituents is 1. The number of carboxylic acids is 1. The van der Waals surface area contributed by atoms with Crippen LogP contribution in [-0.4, -0.2) is 36.5 Å². The van der Waals surface area contributed by atoms with Crippen LogP contribution >= 0.6 is 0 Å². The van der Waals surface area contributed by atoms with Gasteiger partial charge < -0.3 is 15.5 Å². The molecule has 0 saturated carbocycles. The Morgan fingerprint density at radius 2 is 1.60 bits per heavy atom. The number of carboxylic acid groups (broad SMARTS) is 1. The Morgan fingerprint density at radius 3 is 2.08 bits per heavy atom. The maximum absolute atomic E-state index is 12.2. The van der Waals surface area contributed by atoms with E-state index < -0.39 is 27.9 Å². The molecule has 9 heteroatoms. The summed E-state index contributed by atoms with van der Waals surface area (Å²) in [6.45, 7) is 0. The van der Waals surface area contributed by atoms with E-state index in [4.69, 9.17) is 5.14 Å². The second kappa shape index (κ2) is 7.32. The molecule has 0 unspecified atom stereocenters. The summed E-state index contributed by atoms with van der Waals surface area (Å²) in [6.07, 6.45) is 0.0244. The second-order valence-electron chi connectivity index (χ2n) is 5.30. The lowest BCUT2D eigenvalue weighted by Gasteiger charge is -2.15. The lowest BCUT2D eigenvalue weighted by molar-refractivity contribution is -0.139. The van der Waals surface area contributed by atoms with E-state index in [1.54, 1.807) is 12.1 Å². The Kier molecular flexibility index (Phi) is 5.40. The van der Waals surface area contributed by atoms with Gasteiger partial charge in [0.2, 0.25) is 10.0 Å². The largest absolute Gasteiger partial charge is 0.508 e. The van der Waals surface area contributed by atoms with Gasteiger partial charge in [0.15, 0.2) is 0 Å². The standard InChI is InChI=1S/C16H16N2O6S/c17-25(23,24)13-7-3-11(4-8-13)15(20)18-14(16(21)22)9-10-1-5-12(19)6-2-10/h1-8,14,19H,9H2,(H,18,20)(H,21,22)(H2,17,23,24)/t14-/m0/s1. The fraction of sp³-hybridized carbons (Fsp3) is 0.125. The van der Waals surface area contributed by atoms with Gasteiger partial charge in [0.05, 0.1) is 4.90 Å². The molecule has 25 heavy (non-hydrogen) atoms. The fourth-order valence-corrected chi connectivity index (χ4v) is 2.62. The maximum atomic E-state index is 12.2. The van der Waals surface area contributed by atoms with Crippen molar-refractivity contribution in [1.29, 1.82) is 0 Å². The molecule has 0 bridgehead atoms. The smallest absolute Gasteiger partial charge is 0.326 e. The van der Waals surface area contributed by atoms with Crippen LogP contribution in [0.4, 0.5) is 0 Å². The van der Waals surface area contributed by atoms with E-state index in [-0.39, 0.29) is 22.6 Å². The van der Waals surface area contributed by atoms with Crippen LogP contribution < -0.4 is 10.5 Å². The van der Waals surface area contributed by atoms with Crippen LogP contribution in [0.25, 0.3) is 0 Å². The van der Waals surface area contributed by atoms with Gasteiger partial charge in [-0.15, -0.1) is 0 Å². The minimum absolute atomic E-state index is 0.0244. The number of hydrogen-bond acceptors (Lipinski definition) is 5. The van der Waals surface area contributed by atoms with Gasteiger partial charge in [-0.25, -0.2) is 18.4 Å². The highest BCUT2D eigenvalue weighted by molar-refractivity contribution is 7.89. The summed E-state index contributed by atoms with van der Waals surface area (Å²) in [7, 11) is -3.87. The highest BCUT2D eigenvalue weighted by Gasteiger charge is 2.21. The topological polar surface area (TPSA) is 147 Å². The summed E-state index contributed by atoms with van der Waals surface area (Å²) in [6, 6.07) is 9.58. The van der Waals surface area contributed by atoms with Gasteiger partial charge >= 0.3 is 5.97 Å². The highest BCUT2D eigenvalue weighted by atomic mass is 32.2. The number of carbonyl (C=O) groups is 2. The van der Waals surface area contributed by atoms with Crippen molar-refractivity contribution in [3.8, 4) is 5.75 Å². The molecule has 2 rings (SSSR count). The molecule has 0 saturated heterocycles. The zero-order valence-corrected chi connectivity index (χ0v) is 13.7. The van der Waals surface area contributed by atoms with E-state index in [0.29, 0.717) is 5.56 Å². The maximum Gasteiger partial charge on any atom is 0.326 e. The fourth-order valence-electron chi connectivity index (χ4n) is 2.11. The molecule has 0 aliphatic rings. The molecular formula is C16H16N2O6S. The zero-order valence-electron chi connectivity index (χ0n) is 12.9. The van der Waals surface area contributed by atoms with Crippen LogP contribution in [0.5, 0.6) is 5.75 Å². The van der Waals surface area contributed by atoms with Crippen LogP contribution in [0.2, 0.25) is 0 Å². The number of aromatic hydroxyl groups is 1. The normalized spacial score (nSPS) is 12.4. The van der Waals surface area contributed by atoms with Crippen LogP contribution in [0.15, 0.2) is 53.4 Å². The molecule has 0 heterocycles. The number of amides is 1. The lowest BCUT2D eigenvalue weighted by atomic mass is 10.1. The van der Waals surface area contributed by atoms with E-state index >= 15 is 0 Å². The summed E-state index contributed by atoms with van der Waals surface area (Å²) in [5.74, 6) is -1.83. The first-order chi connectivity index (χ1) is 11.7. The number of nitrogens with two attached hydrogens (primary N) is 1. The van der Waals surface area contributed by atoms with E-state index in [9.17, 15) is 28.2 Å². The van der Waals surface area contributed by atoms with Gasteiger partial charge in [0, 0.05) is 12.0 Å². The van der Waals surface area contributed by atoms with Crippen molar-refractivity contribution < 1.29 is 28.2 Å². The number of benzene rings is 2. The Hall–Kier alpha value is -2.91. The van der Waals surface area contributed by atoms with Crippen LogP contribution in [0.3, 0.4) is 0 Å². The Balaban J connectivity index is 2.12. The molecule has 5 N–H and O–H groups in total. The summed E-state index contributed by atoms with van der Waals surface area (Å²) in [5, 5.41) is 25.9. The molecule has 0 radical (unpaired) electrons. The van der Waals surface area contributed by atoms with Gasteiger partial charge in [0.1, 0.15) is 11.8 Å². The first-order valence-corrected chi connectivity index (χ1v) is 8.66. The minimum atomic E-state index is -3.87. The average Bonchev–Trinajstić information content (AvgIpc) is 2.55. The zero-order chi connectivity index (χ0) is 18.6. The monoisotopic (exact) mass is 364 g/mol. The van der Waals surface area contributed by atoms with Gasteiger partial charge in [-0.3, -0.25) is 4.79 Å². The summed E-state index contributed by atoms with van der Waals surface area (Å²) >= 11 is 0. The summed E-state index contributed by atoms with van der Waals surface area (Å²) in [5.41, 5.74) is 0.722. The van der Waals surface area contributed by atoms with E-state index in [1.165, 1.54) is 36.4 Å². The highest BCUT2D eigenvalue weighted by Crippen LogP contribution is 2.13. The van der Waals surface area contributed by atoms with Gasteiger partial charge in [-0.2, -0.15) is 0 Å². The van der Waals surface area contributed by atoms with Crippen molar-refractivity contribution in [2.75, 3.05) is 0 Å². The third-order valence-electron chi connectivity index (χ3n) is 3.42. The van der Waals surface area contributed by atoms with Gasteiger partial charge in [0.25, 0.3) is 5.91 Å². The van der Waals surface area contributed by atoms with Gasteiger partial charge in [-0.05, 0) is 42.0 Å². The molecule has 0 aliphatic heterocycles. The number of hydrogen-bond donors (Lipinski definition) is 4. The first-order valence-electron chi connectivity index (χ1n) is 7.11. The van der Waals surface area contributed by atoms with Crippen molar-refractivity contribution >= 4 is 21.9 Å². The third kappa shape index (κ3) is 5.03. The number of sulfonamides is 1. The molecule has 0 aromatic heterocycles. The van der Waals surface area contributed by atoms with Crippen molar-refractivity contribution in [2.45, 2.75) is 17.4 Å². The molecule has 1 atom stereocenters. The van der Waals surface area contributed by atoms with Crippen LogP contribution in [0.1, 0.15) is 15.9 Å². The number of phenols is 1. The lowest BCUT2D eigenvalue weighted by Crippen LogP contribution is -2.42. The Morgan fingerprint density at radius 1 is 1.04 bits per heavy atom. The SMILES string of the molecule is NS(=O)(=O)c1ccc(C(=O)N[C@@H](Cc2ccc(O)cc2)C(=O)O)cc1. The predicted octanol–water partition coefficient (Wildman–Crippen LogP) is 0.465. The molecule has 1 amide bonds. The van der Waals surface area contributed by atoms with Crippen LogP contribution in [-0.2, 0) is 21.2 Å². The Bertz CT molecular complexity index is 876. The molecule has 0 spiro atoms. The van der Waals surface area contributed by atoms with E-state index in [2.05, 4.69) is 5.32 Å². The molecule has 132 valence electrons. The van der Waals surface area contributed by atoms with E-state index in [1.807, 2.05) is 0 Å². The quantitative estimate of drug-likeness (QED) is 0.586. The summed E-state index contributed by atoms with van der Waals surface area (Å²) in [4.78, 5) is 23.4. The van der Waals surface area contributed by atoms with Crippen LogP contribution in [0, 0.1) is 0 Å². The predicted molar refractivity (Wildman–Crippen MR) is 88.5 cm³/mol. The molecule has 0 fully saturated rings. The first kappa shape index (κ1) is 18.4. The Labute approximate surface area is 144 Å². The van der Waals surface area contributed by atoms with Gasteiger partial charge in [-0.1, -0.05) is 12.1 Å². The van der Waals surface area contributed by atoms with Crippen molar-refractivity contribution in [3.05, 3.63) is 59.7 Å². The van der Waals surface area contributed by atoms with E-state index in [0.717, 1.165) is 0 Å². The third-order valence-corrected chi connectivity index (χ3v) is 4.35. The molecular weight excluding hydrogens is 348 g/mol. The number of nitrogens with one attached hydrogen (secondary N) is 1. The number of aliphatic carboxylic acids is 1. The molecule has 0 aliphatic carbocycles. The number of carbonyl (C=O) groups excluding carboxylic acids is 1.